The van der Waals surface area contributed by atoms with E-state index in [1.54, 1.807) is 31.2 Å². The van der Waals surface area contributed by atoms with Crippen LogP contribution in [0.4, 0.5) is 5.69 Å². The van der Waals surface area contributed by atoms with Crippen LogP contribution >= 0.6 is 11.6 Å². The van der Waals surface area contributed by atoms with Crippen molar-refractivity contribution in [3.63, 3.8) is 0 Å². The molecule has 6 nitrogen and oxygen atoms in total. The van der Waals surface area contributed by atoms with Gasteiger partial charge in [0.2, 0.25) is 5.91 Å². The molecule has 34 heavy (non-hydrogen) atoms. The molecule has 1 aliphatic rings. The Labute approximate surface area is 203 Å². The van der Waals surface area contributed by atoms with Crippen LogP contribution in [0.3, 0.4) is 0 Å². The third-order valence-electron chi connectivity index (χ3n) is 5.98. The number of nitrogens with one attached hydrogen (secondary N) is 1. The highest BCUT2D eigenvalue weighted by Crippen LogP contribution is 2.33. The van der Waals surface area contributed by atoms with E-state index in [0.717, 1.165) is 11.3 Å². The maximum absolute atomic E-state index is 13.0. The van der Waals surface area contributed by atoms with E-state index in [9.17, 15) is 14.4 Å². The highest BCUT2D eigenvalue weighted by atomic mass is 35.5. The summed E-state index contributed by atoms with van der Waals surface area (Å²) in [6.07, 6.45) is 0. The van der Waals surface area contributed by atoms with Gasteiger partial charge in [0.25, 0.3) is 0 Å². The van der Waals surface area contributed by atoms with Crippen LogP contribution in [0.5, 0.6) is 5.75 Å². The van der Waals surface area contributed by atoms with Crippen molar-refractivity contribution in [1.29, 1.82) is 0 Å². The minimum Gasteiger partial charge on any atom is -0.494 e. The van der Waals surface area contributed by atoms with Crippen molar-refractivity contribution in [1.82, 2.24) is 4.90 Å². The van der Waals surface area contributed by atoms with Crippen LogP contribution in [0.15, 0.2) is 60.7 Å². The van der Waals surface area contributed by atoms with Crippen molar-refractivity contribution in [3.05, 3.63) is 93.5 Å². The van der Waals surface area contributed by atoms with E-state index in [0.29, 0.717) is 30.0 Å². The van der Waals surface area contributed by atoms with Crippen molar-refractivity contribution < 1.29 is 19.1 Å². The third-order valence-corrected chi connectivity index (χ3v) is 6.29. The van der Waals surface area contributed by atoms with Crippen LogP contribution < -0.4 is 10.1 Å². The van der Waals surface area contributed by atoms with Gasteiger partial charge >= 0.3 is 0 Å². The number of anilines is 1. The molecule has 0 aromatic heterocycles. The number of likely N-dealkylation sites (N-methyl/N-ethyl adjacent to an activating group) is 1. The summed E-state index contributed by atoms with van der Waals surface area (Å²) in [6, 6.07) is 16.9. The Bertz CT molecular complexity index is 1270. The largest absolute Gasteiger partial charge is 0.494 e. The Kier molecular flexibility index (Phi) is 6.82. The summed E-state index contributed by atoms with van der Waals surface area (Å²) >= 11 is 6.40. The maximum atomic E-state index is 13.0. The first-order chi connectivity index (χ1) is 16.3. The Morgan fingerprint density at radius 3 is 2.15 bits per heavy atom. The van der Waals surface area contributed by atoms with Crippen molar-refractivity contribution in [2.24, 2.45) is 0 Å². The highest BCUT2D eigenvalue weighted by molar-refractivity contribution is 6.36. The van der Waals surface area contributed by atoms with E-state index in [-0.39, 0.29) is 33.6 Å². The Morgan fingerprint density at radius 1 is 0.971 bits per heavy atom. The molecule has 0 spiro atoms. The Hall–Kier alpha value is -3.48. The van der Waals surface area contributed by atoms with Gasteiger partial charge in [0.15, 0.2) is 11.6 Å². The molecule has 0 bridgehead atoms. The lowest BCUT2D eigenvalue weighted by atomic mass is 9.84. The fraction of sp³-hybridized carbons (Fsp3) is 0.222. The summed E-state index contributed by atoms with van der Waals surface area (Å²) in [5.41, 5.74) is 2.53. The van der Waals surface area contributed by atoms with Crippen LogP contribution in [0.25, 0.3) is 0 Å². The Morgan fingerprint density at radius 2 is 1.56 bits per heavy atom. The number of hydrogen-bond acceptors (Lipinski definition) is 5. The quantitative estimate of drug-likeness (QED) is 0.407. The van der Waals surface area contributed by atoms with Crippen molar-refractivity contribution in [2.45, 2.75) is 26.4 Å². The molecule has 0 radical (unpaired) electrons. The molecule has 0 aliphatic heterocycles. The van der Waals surface area contributed by atoms with Gasteiger partial charge in [0, 0.05) is 28.8 Å². The average Bonchev–Trinajstić information content (AvgIpc) is 2.84. The Balaban J connectivity index is 1.49. The number of amides is 1. The SMILES string of the molecule is CCOc1ccc(CN(C)[C@@H](C)C(=O)Nc2cc3c(cc2Cl)C(=O)c2ccccc2C3=O)cc1. The molecule has 174 valence electrons. The van der Waals surface area contributed by atoms with E-state index in [1.165, 1.54) is 12.1 Å². The van der Waals surface area contributed by atoms with E-state index in [2.05, 4.69) is 5.32 Å². The van der Waals surface area contributed by atoms with Crippen LogP contribution in [0, 0.1) is 0 Å². The van der Waals surface area contributed by atoms with Gasteiger partial charge in [0.1, 0.15) is 5.75 Å². The third kappa shape index (κ3) is 4.60. The molecular weight excluding hydrogens is 452 g/mol. The number of nitrogens with zero attached hydrogens (tertiary/aromatic N) is 1. The molecule has 1 atom stereocenters. The topological polar surface area (TPSA) is 75.7 Å². The number of carbonyl (C=O) groups is 3. The predicted octanol–water partition coefficient (Wildman–Crippen LogP) is 4.97. The van der Waals surface area contributed by atoms with Gasteiger partial charge in [-0.1, -0.05) is 48.0 Å². The normalized spacial score (nSPS) is 13.3. The predicted molar refractivity (Wildman–Crippen MR) is 132 cm³/mol. The van der Waals surface area contributed by atoms with Gasteiger partial charge in [-0.3, -0.25) is 19.3 Å². The standard InChI is InChI=1S/C27H25ClN2O4/c1-4-34-18-11-9-17(10-12-18)15-30(3)16(2)27(33)29-24-14-22-21(13-23(24)28)25(31)19-7-5-6-8-20(19)26(22)32/h5-14,16H,4,15H2,1-3H3,(H,29,33)/t16-/m0/s1. The smallest absolute Gasteiger partial charge is 0.241 e. The molecule has 3 aromatic carbocycles. The molecule has 0 saturated heterocycles. The van der Waals surface area contributed by atoms with Crippen LogP contribution in [-0.2, 0) is 11.3 Å². The zero-order chi connectivity index (χ0) is 24.4. The fourth-order valence-electron chi connectivity index (χ4n) is 3.93. The molecule has 4 rings (SSSR count). The minimum absolute atomic E-state index is 0.203. The van der Waals surface area contributed by atoms with E-state index >= 15 is 0 Å². The molecule has 0 fully saturated rings. The summed E-state index contributed by atoms with van der Waals surface area (Å²) in [4.78, 5) is 40.7. The molecule has 0 unspecified atom stereocenters. The fourth-order valence-corrected chi connectivity index (χ4v) is 4.14. The number of ether oxygens (including phenoxy) is 1. The van der Waals surface area contributed by atoms with Crippen LogP contribution in [0.2, 0.25) is 5.02 Å². The molecule has 7 heteroatoms. The summed E-state index contributed by atoms with van der Waals surface area (Å²) < 4.78 is 5.47. The number of fused-ring (bicyclic) bond motifs is 2. The molecule has 0 saturated carbocycles. The maximum Gasteiger partial charge on any atom is 0.241 e. The summed E-state index contributed by atoms with van der Waals surface area (Å²) in [5, 5.41) is 3.02. The monoisotopic (exact) mass is 476 g/mol. The van der Waals surface area contributed by atoms with Gasteiger partial charge in [-0.25, -0.2) is 0 Å². The lowest BCUT2D eigenvalue weighted by Gasteiger charge is -2.25. The van der Waals surface area contributed by atoms with E-state index in [4.69, 9.17) is 16.3 Å². The van der Waals surface area contributed by atoms with Gasteiger partial charge in [0.05, 0.1) is 23.4 Å². The minimum atomic E-state index is -0.475. The van der Waals surface area contributed by atoms with Gasteiger partial charge in [-0.2, -0.15) is 0 Å². The number of benzene rings is 3. The number of ketones is 2. The number of rotatable bonds is 7. The van der Waals surface area contributed by atoms with Gasteiger partial charge in [-0.15, -0.1) is 0 Å². The number of halogens is 1. The first kappa shape index (κ1) is 23.7. The van der Waals surface area contributed by atoms with Crippen LogP contribution in [0.1, 0.15) is 51.3 Å². The lowest BCUT2D eigenvalue weighted by Crippen LogP contribution is -2.39. The summed E-state index contributed by atoms with van der Waals surface area (Å²) in [7, 11) is 1.86. The second-order valence-electron chi connectivity index (χ2n) is 8.24. The van der Waals surface area contributed by atoms with E-state index in [1.807, 2.05) is 43.1 Å². The first-order valence-corrected chi connectivity index (χ1v) is 11.4. The second-order valence-corrected chi connectivity index (χ2v) is 8.65. The molecule has 3 aromatic rings. The molecule has 1 N–H and O–H groups in total. The molecule has 1 amide bonds. The van der Waals surface area contributed by atoms with E-state index < -0.39 is 6.04 Å². The number of carbonyl (C=O) groups excluding carboxylic acids is 3. The van der Waals surface area contributed by atoms with Crippen molar-refractivity contribution >= 4 is 34.8 Å². The second kappa shape index (κ2) is 9.79. The zero-order valence-electron chi connectivity index (χ0n) is 19.2. The van der Waals surface area contributed by atoms with Crippen molar-refractivity contribution in [3.8, 4) is 5.75 Å². The van der Waals surface area contributed by atoms with Crippen molar-refractivity contribution in [2.75, 3.05) is 19.0 Å². The molecule has 0 heterocycles. The number of hydrogen-bond donors (Lipinski definition) is 1. The lowest BCUT2D eigenvalue weighted by molar-refractivity contribution is -0.120. The summed E-state index contributed by atoms with van der Waals surface area (Å²) in [6.45, 7) is 4.89. The zero-order valence-corrected chi connectivity index (χ0v) is 20.0. The summed E-state index contributed by atoms with van der Waals surface area (Å²) in [5.74, 6) is 0.00846. The van der Waals surface area contributed by atoms with Gasteiger partial charge < -0.3 is 10.1 Å². The highest BCUT2D eigenvalue weighted by Gasteiger charge is 2.31. The molecular formula is C27H25ClN2O4. The van der Waals surface area contributed by atoms with Gasteiger partial charge in [-0.05, 0) is 50.7 Å². The average molecular weight is 477 g/mol. The first-order valence-electron chi connectivity index (χ1n) is 11.0. The van der Waals surface area contributed by atoms with Crippen LogP contribution in [-0.4, -0.2) is 42.1 Å². The molecule has 1 aliphatic carbocycles.